The zero-order valence-electron chi connectivity index (χ0n) is 15.2. The molecule has 2 aliphatic carbocycles. The minimum Gasteiger partial charge on any atom is -0.481 e. The third-order valence-electron chi connectivity index (χ3n) is 5.62. The van der Waals surface area contributed by atoms with Crippen molar-refractivity contribution in [2.24, 2.45) is 17.6 Å². The van der Waals surface area contributed by atoms with E-state index in [0.717, 1.165) is 24.2 Å². The highest BCUT2D eigenvalue weighted by atomic mass is 35.5. The van der Waals surface area contributed by atoms with Gasteiger partial charge < -0.3 is 15.8 Å². The predicted molar refractivity (Wildman–Crippen MR) is 103 cm³/mol. The predicted octanol–water partition coefficient (Wildman–Crippen LogP) is 3.60. The molecule has 140 valence electrons. The third kappa shape index (κ3) is 4.89. The number of ether oxygens (including phenoxy) is 1. The SMILES string of the molecule is CCC(Oc1cccc(C)c1)C(=O)NC1C2CCCC1CC(N)C2.Cl. The van der Waals surface area contributed by atoms with Gasteiger partial charge in [-0.2, -0.15) is 0 Å². The van der Waals surface area contributed by atoms with Crippen molar-refractivity contribution in [1.29, 1.82) is 0 Å². The van der Waals surface area contributed by atoms with Crippen LogP contribution in [0, 0.1) is 18.8 Å². The molecule has 0 radical (unpaired) electrons. The summed E-state index contributed by atoms with van der Waals surface area (Å²) in [4.78, 5) is 12.8. The van der Waals surface area contributed by atoms with Crippen LogP contribution in [-0.4, -0.2) is 24.1 Å². The van der Waals surface area contributed by atoms with E-state index >= 15 is 0 Å². The molecule has 2 bridgehead atoms. The van der Waals surface area contributed by atoms with Gasteiger partial charge in [0.15, 0.2) is 6.10 Å². The molecule has 4 nitrogen and oxygen atoms in total. The van der Waals surface area contributed by atoms with Gasteiger partial charge in [0, 0.05) is 12.1 Å². The van der Waals surface area contributed by atoms with E-state index in [2.05, 4.69) is 5.32 Å². The summed E-state index contributed by atoms with van der Waals surface area (Å²) in [5.41, 5.74) is 7.32. The first-order chi connectivity index (χ1) is 11.6. The van der Waals surface area contributed by atoms with E-state index in [0.29, 0.717) is 24.3 Å². The molecule has 0 aromatic heterocycles. The fraction of sp³-hybridized carbons (Fsp3) is 0.650. The Hall–Kier alpha value is -1.26. The summed E-state index contributed by atoms with van der Waals surface area (Å²) < 4.78 is 5.95. The summed E-state index contributed by atoms with van der Waals surface area (Å²) in [6, 6.07) is 8.46. The van der Waals surface area contributed by atoms with Crippen LogP contribution in [0.25, 0.3) is 0 Å². The van der Waals surface area contributed by atoms with Crippen LogP contribution in [0.5, 0.6) is 5.75 Å². The summed E-state index contributed by atoms with van der Waals surface area (Å²) >= 11 is 0. The Bertz CT molecular complexity index is 567. The zero-order valence-corrected chi connectivity index (χ0v) is 16.1. The summed E-state index contributed by atoms with van der Waals surface area (Å²) in [6.45, 7) is 4.03. The maximum absolute atomic E-state index is 12.8. The van der Waals surface area contributed by atoms with Crippen LogP contribution in [0.1, 0.15) is 51.0 Å². The maximum atomic E-state index is 12.8. The smallest absolute Gasteiger partial charge is 0.261 e. The van der Waals surface area contributed by atoms with Crippen LogP contribution in [0.2, 0.25) is 0 Å². The van der Waals surface area contributed by atoms with E-state index in [-0.39, 0.29) is 24.4 Å². The molecule has 0 aliphatic heterocycles. The lowest BCUT2D eigenvalue weighted by Gasteiger charge is -2.45. The van der Waals surface area contributed by atoms with Crippen molar-refractivity contribution < 1.29 is 9.53 Å². The fourth-order valence-corrected chi connectivity index (χ4v) is 4.46. The van der Waals surface area contributed by atoms with Crippen molar-refractivity contribution >= 4 is 18.3 Å². The molecule has 0 spiro atoms. The number of fused-ring (bicyclic) bond motifs is 2. The molecule has 3 rings (SSSR count). The van der Waals surface area contributed by atoms with E-state index in [9.17, 15) is 4.79 Å². The van der Waals surface area contributed by atoms with Crippen molar-refractivity contribution in [3.63, 3.8) is 0 Å². The number of benzene rings is 1. The van der Waals surface area contributed by atoms with E-state index < -0.39 is 6.10 Å². The molecule has 0 heterocycles. The van der Waals surface area contributed by atoms with Gasteiger partial charge in [-0.3, -0.25) is 4.79 Å². The first kappa shape index (κ1) is 20.1. The van der Waals surface area contributed by atoms with Gasteiger partial charge in [-0.1, -0.05) is 25.5 Å². The zero-order chi connectivity index (χ0) is 17.1. The van der Waals surface area contributed by atoms with Crippen molar-refractivity contribution in [2.75, 3.05) is 0 Å². The van der Waals surface area contributed by atoms with Gasteiger partial charge in [-0.15, -0.1) is 12.4 Å². The average Bonchev–Trinajstić information content (AvgIpc) is 2.53. The van der Waals surface area contributed by atoms with Crippen LogP contribution < -0.4 is 15.8 Å². The molecular formula is C20H31ClN2O2. The number of hydrogen-bond donors (Lipinski definition) is 2. The molecule has 1 amide bonds. The minimum absolute atomic E-state index is 0. The molecule has 25 heavy (non-hydrogen) atoms. The molecule has 2 fully saturated rings. The number of carbonyl (C=O) groups is 1. The molecular weight excluding hydrogens is 336 g/mol. The first-order valence-corrected chi connectivity index (χ1v) is 9.36. The van der Waals surface area contributed by atoms with Crippen LogP contribution in [-0.2, 0) is 4.79 Å². The second kappa shape index (κ2) is 8.91. The highest BCUT2D eigenvalue weighted by Crippen LogP contribution is 2.39. The average molecular weight is 367 g/mol. The van der Waals surface area contributed by atoms with Crippen molar-refractivity contribution in [3.8, 4) is 5.75 Å². The minimum atomic E-state index is -0.428. The highest BCUT2D eigenvalue weighted by Gasteiger charge is 2.40. The van der Waals surface area contributed by atoms with Gasteiger partial charge in [0.1, 0.15) is 5.75 Å². The number of nitrogens with two attached hydrogens (primary N) is 1. The second-order valence-electron chi connectivity index (χ2n) is 7.55. The third-order valence-corrected chi connectivity index (χ3v) is 5.62. The van der Waals surface area contributed by atoms with E-state index in [4.69, 9.17) is 10.5 Å². The number of halogens is 1. The Morgan fingerprint density at radius 3 is 2.60 bits per heavy atom. The Balaban J connectivity index is 0.00000225. The standard InChI is InChI=1S/C20H30N2O2.ClH/c1-3-18(24-17-9-4-6-13(2)10-17)20(23)22-19-14-7-5-8-15(19)12-16(21)11-14;/h4,6,9-10,14-16,18-19H,3,5,7-8,11-12,21H2,1-2H3,(H,22,23);1H. The molecule has 2 aliphatic rings. The number of hydrogen-bond acceptors (Lipinski definition) is 3. The summed E-state index contributed by atoms with van der Waals surface area (Å²) in [5, 5.41) is 3.31. The number of nitrogens with one attached hydrogen (secondary N) is 1. The lowest BCUT2D eigenvalue weighted by atomic mass is 9.67. The Kier molecular flexibility index (Phi) is 7.14. The molecule has 0 saturated heterocycles. The summed E-state index contributed by atoms with van der Waals surface area (Å²) in [7, 11) is 0. The van der Waals surface area contributed by atoms with Crippen LogP contribution in [0.4, 0.5) is 0 Å². The lowest BCUT2D eigenvalue weighted by Crippen LogP contribution is -2.56. The fourth-order valence-electron chi connectivity index (χ4n) is 4.46. The van der Waals surface area contributed by atoms with E-state index in [1.807, 2.05) is 38.1 Å². The molecule has 2 saturated carbocycles. The van der Waals surface area contributed by atoms with Gasteiger partial charge in [0.2, 0.25) is 0 Å². The molecule has 3 N–H and O–H groups in total. The number of amides is 1. The van der Waals surface area contributed by atoms with Gasteiger partial charge in [0.25, 0.3) is 5.91 Å². The normalized spacial score (nSPS) is 29.2. The van der Waals surface area contributed by atoms with Gasteiger partial charge in [-0.05, 0) is 68.6 Å². The van der Waals surface area contributed by atoms with Crippen molar-refractivity contribution in [2.45, 2.75) is 70.6 Å². The Labute approximate surface area is 157 Å². The van der Waals surface area contributed by atoms with Crippen LogP contribution in [0.3, 0.4) is 0 Å². The second-order valence-corrected chi connectivity index (χ2v) is 7.55. The molecule has 3 atom stereocenters. The van der Waals surface area contributed by atoms with Crippen molar-refractivity contribution in [3.05, 3.63) is 29.8 Å². The molecule has 5 heteroatoms. The highest BCUT2D eigenvalue weighted by molar-refractivity contribution is 5.85. The monoisotopic (exact) mass is 366 g/mol. The van der Waals surface area contributed by atoms with Gasteiger partial charge in [-0.25, -0.2) is 0 Å². The Morgan fingerprint density at radius 1 is 1.32 bits per heavy atom. The quantitative estimate of drug-likeness (QED) is 0.836. The largest absolute Gasteiger partial charge is 0.481 e. The van der Waals surface area contributed by atoms with Gasteiger partial charge >= 0.3 is 0 Å². The summed E-state index contributed by atoms with van der Waals surface area (Å²) in [5.74, 6) is 1.86. The lowest BCUT2D eigenvalue weighted by molar-refractivity contribution is -0.130. The maximum Gasteiger partial charge on any atom is 0.261 e. The summed E-state index contributed by atoms with van der Waals surface area (Å²) in [6.07, 6.45) is 5.96. The van der Waals surface area contributed by atoms with Gasteiger partial charge in [0.05, 0.1) is 0 Å². The van der Waals surface area contributed by atoms with E-state index in [1.54, 1.807) is 0 Å². The number of carbonyl (C=O) groups excluding carboxylic acids is 1. The number of aryl methyl sites for hydroxylation is 1. The van der Waals surface area contributed by atoms with E-state index in [1.165, 1.54) is 19.3 Å². The Morgan fingerprint density at radius 2 is 2.00 bits per heavy atom. The van der Waals surface area contributed by atoms with Crippen LogP contribution in [0.15, 0.2) is 24.3 Å². The molecule has 1 aromatic rings. The van der Waals surface area contributed by atoms with Crippen LogP contribution >= 0.6 is 12.4 Å². The molecule has 3 unspecified atom stereocenters. The van der Waals surface area contributed by atoms with Crippen molar-refractivity contribution in [1.82, 2.24) is 5.32 Å². The topological polar surface area (TPSA) is 64.3 Å². The first-order valence-electron chi connectivity index (χ1n) is 9.36. The number of rotatable bonds is 5. The molecule has 1 aromatic carbocycles.